The number of allylic oxidation sites excluding steroid dienone is 2. The van der Waals surface area contributed by atoms with E-state index in [4.69, 9.17) is 4.74 Å². The minimum Gasteiger partial charge on any atom is -0.393 e. The van der Waals surface area contributed by atoms with E-state index in [0.29, 0.717) is 34.5 Å². The monoisotopic (exact) mass is 458 g/mol. The molecular formula is C30H50O3. The van der Waals surface area contributed by atoms with E-state index < -0.39 is 0 Å². The van der Waals surface area contributed by atoms with Gasteiger partial charge in [-0.05, 0) is 111 Å². The van der Waals surface area contributed by atoms with Crippen molar-refractivity contribution >= 4 is 0 Å². The summed E-state index contributed by atoms with van der Waals surface area (Å²) >= 11 is 0. The highest BCUT2D eigenvalue weighted by Crippen LogP contribution is 2.73. The number of fused-ring (bicyclic) bond motifs is 5. The molecule has 1 aliphatic heterocycles. The van der Waals surface area contributed by atoms with Gasteiger partial charge in [0.05, 0.1) is 17.8 Å². The van der Waals surface area contributed by atoms with Gasteiger partial charge in [-0.25, -0.2) is 0 Å². The zero-order valence-electron chi connectivity index (χ0n) is 22.6. The number of aliphatic hydroxyl groups is 2. The van der Waals surface area contributed by atoms with Gasteiger partial charge in [-0.1, -0.05) is 53.2 Å². The topological polar surface area (TPSA) is 53.0 Å². The number of rotatable bonds is 4. The van der Waals surface area contributed by atoms with E-state index in [1.54, 1.807) is 5.57 Å². The number of hydrogen-bond acceptors (Lipinski definition) is 3. The molecule has 1 unspecified atom stereocenters. The molecule has 0 aromatic rings. The molecule has 1 saturated heterocycles. The third-order valence-corrected chi connectivity index (χ3v) is 12.6. The fourth-order valence-electron chi connectivity index (χ4n) is 10.2. The van der Waals surface area contributed by atoms with E-state index in [-0.39, 0.29) is 34.7 Å². The van der Waals surface area contributed by atoms with Crippen LogP contribution in [0, 0.1) is 45.3 Å². The van der Waals surface area contributed by atoms with E-state index in [9.17, 15) is 10.2 Å². The van der Waals surface area contributed by atoms with Crippen molar-refractivity contribution in [2.75, 3.05) is 0 Å². The smallest absolute Gasteiger partial charge is 0.113 e. The van der Waals surface area contributed by atoms with Gasteiger partial charge in [0.15, 0.2) is 0 Å². The lowest BCUT2D eigenvalue weighted by atomic mass is 9.41. The van der Waals surface area contributed by atoms with Crippen molar-refractivity contribution in [2.45, 2.75) is 131 Å². The summed E-state index contributed by atoms with van der Waals surface area (Å²) in [6.45, 7) is 19.0. The van der Waals surface area contributed by atoms with Crippen molar-refractivity contribution in [3.63, 3.8) is 0 Å². The maximum absolute atomic E-state index is 10.9. The van der Waals surface area contributed by atoms with Gasteiger partial charge in [-0.15, -0.1) is 0 Å². The molecule has 0 radical (unpaired) electrons. The molecule has 4 aliphatic carbocycles. The van der Waals surface area contributed by atoms with Gasteiger partial charge in [0.2, 0.25) is 0 Å². The molecule has 0 aromatic heterocycles. The number of aliphatic hydroxyl groups excluding tert-OH is 2. The first-order valence-electron chi connectivity index (χ1n) is 13.9. The summed E-state index contributed by atoms with van der Waals surface area (Å²) in [6, 6.07) is 0. The summed E-state index contributed by atoms with van der Waals surface area (Å²) in [4.78, 5) is 0. The van der Waals surface area contributed by atoms with Crippen LogP contribution in [0.5, 0.6) is 0 Å². The third-order valence-electron chi connectivity index (χ3n) is 12.6. The van der Waals surface area contributed by atoms with Crippen LogP contribution >= 0.6 is 0 Å². The Bertz CT molecular complexity index is 828. The largest absolute Gasteiger partial charge is 0.393 e. The average Bonchev–Trinajstić information content (AvgIpc) is 3.26. The van der Waals surface area contributed by atoms with Crippen molar-refractivity contribution in [2.24, 2.45) is 45.3 Å². The minimum atomic E-state index is -0.341. The number of epoxide rings is 1. The van der Waals surface area contributed by atoms with E-state index in [1.807, 2.05) is 0 Å². The predicted molar refractivity (Wildman–Crippen MR) is 134 cm³/mol. The SMILES string of the molecule is C[C@H](C[C@@H](O)[C@@H]1OC1(C)C)[C@H]1CC[C@]2(C)C3=CCC4C(C)(C)[C@H](O)CC[C@]4(C)[C@H]3CC[C@@]12C. The molecule has 0 amide bonds. The normalized spacial score (nSPS) is 51.6. The molecule has 2 N–H and O–H groups in total. The highest BCUT2D eigenvalue weighted by molar-refractivity contribution is 5.33. The lowest BCUT2D eigenvalue weighted by molar-refractivity contribution is -0.131. The lowest BCUT2D eigenvalue weighted by Gasteiger charge is -2.64. The molecule has 3 heteroatoms. The molecular weight excluding hydrogens is 408 g/mol. The molecule has 0 spiro atoms. The van der Waals surface area contributed by atoms with Gasteiger partial charge in [0, 0.05) is 0 Å². The Kier molecular flexibility index (Phi) is 5.40. The summed E-state index contributed by atoms with van der Waals surface area (Å²) < 4.78 is 5.76. The molecule has 0 aromatic carbocycles. The Morgan fingerprint density at radius 3 is 2.30 bits per heavy atom. The standard InChI is InChI=1S/C30H50O3/c1-18(17-22(31)25-27(4,5)33-25)19-11-15-30(8)21-9-10-23-26(2,3)24(32)13-14-28(23,6)20(21)12-16-29(19,30)7/h9,18-20,22-25,31-32H,10-17H2,1-8H3/t18-,19-,20+,22-,23?,24-,25+,28-,29+,30-/m1/s1. The van der Waals surface area contributed by atoms with Crippen molar-refractivity contribution in [1.29, 1.82) is 0 Å². The van der Waals surface area contributed by atoms with Gasteiger partial charge in [-0.2, -0.15) is 0 Å². The van der Waals surface area contributed by atoms with Crippen LogP contribution in [0.25, 0.3) is 0 Å². The van der Waals surface area contributed by atoms with Crippen LogP contribution in [-0.2, 0) is 4.74 Å². The fourth-order valence-corrected chi connectivity index (χ4v) is 10.2. The molecule has 1 heterocycles. The van der Waals surface area contributed by atoms with Crippen LogP contribution in [0.1, 0.15) is 107 Å². The zero-order chi connectivity index (χ0) is 24.2. The summed E-state index contributed by atoms with van der Waals surface area (Å²) in [5.41, 5.74) is 2.50. The van der Waals surface area contributed by atoms with Crippen molar-refractivity contribution < 1.29 is 14.9 Å². The summed E-state index contributed by atoms with van der Waals surface area (Å²) in [6.07, 6.45) is 11.4. The van der Waals surface area contributed by atoms with Crippen LogP contribution in [0.15, 0.2) is 11.6 Å². The Morgan fingerprint density at radius 1 is 1.00 bits per heavy atom. The van der Waals surface area contributed by atoms with Crippen molar-refractivity contribution in [3.8, 4) is 0 Å². The lowest BCUT2D eigenvalue weighted by Crippen LogP contribution is -2.58. The molecule has 5 rings (SSSR count). The van der Waals surface area contributed by atoms with Crippen LogP contribution in [-0.4, -0.2) is 34.1 Å². The maximum Gasteiger partial charge on any atom is 0.113 e. The second-order valence-corrected chi connectivity index (χ2v) is 14.7. The third kappa shape index (κ3) is 3.23. The van der Waals surface area contributed by atoms with E-state index in [2.05, 4.69) is 61.5 Å². The molecule has 3 nitrogen and oxygen atoms in total. The molecule has 3 saturated carbocycles. The molecule has 4 fully saturated rings. The summed E-state index contributed by atoms with van der Waals surface area (Å²) in [5, 5.41) is 21.7. The molecule has 0 bridgehead atoms. The average molecular weight is 459 g/mol. The van der Waals surface area contributed by atoms with Gasteiger partial charge in [-0.3, -0.25) is 0 Å². The first-order valence-corrected chi connectivity index (χ1v) is 13.9. The fraction of sp³-hybridized carbons (Fsp3) is 0.933. The first kappa shape index (κ1) is 24.3. The predicted octanol–water partition coefficient (Wildman–Crippen LogP) is 6.52. The highest BCUT2D eigenvalue weighted by atomic mass is 16.6. The van der Waals surface area contributed by atoms with Crippen LogP contribution in [0.4, 0.5) is 0 Å². The van der Waals surface area contributed by atoms with Gasteiger partial charge in [0.1, 0.15) is 6.10 Å². The van der Waals surface area contributed by atoms with Crippen LogP contribution in [0.3, 0.4) is 0 Å². The summed E-state index contributed by atoms with van der Waals surface area (Å²) in [7, 11) is 0. The number of ether oxygens (including phenoxy) is 1. The zero-order valence-corrected chi connectivity index (χ0v) is 22.6. The maximum atomic E-state index is 10.9. The molecule has 5 aliphatic rings. The van der Waals surface area contributed by atoms with Crippen molar-refractivity contribution in [1.82, 2.24) is 0 Å². The second-order valence-electron chi connectivity index (χ2n) is 14.7. The van der Waals surface area contributed by atoms with Crippen molar-refractivity contribution in [3.05, 3.63) is 11.6 Å². The van der Waals surface area contributed by atoms with Crippen LogP contribution in [0.2, 0.25) is 0 Å². The summed E-state index contributed by atoms with van der Waals surface area (Å²) in [5.74, 6) is 2.42. The Balaban J connectivity index is 1.40. The van der Waals surface area contributed by atoms with E-state index in [1.165, 1.54) is 32.1 Å². The Morgan fingerprint density at radius 2 is 1.67 bits per heavy atom. The first-order chi connectivity index (χ1) is 15.2. The van der Waals surface area contributed by atoms with E-state index >= 15 is 0 Å². The van der Waals surface area contributed by atoms with Gasteiger partial charge < -0.3 is 14.9 Å². The minimum absolute atomic E-state index is 0.00178. The van der Waals surface area contributed by atoms with Crippen LogP contribution < -0.4 is 0 Å². The Hall–Kier alpha value is -0.380. The Labute approximate surface area is 202 Å². The van der Waals surface area contributed by atoms with Gasteiger partial charge >= 0.3 is 0 Å². The second kappa shape index (κ2) is 7.32. The van der Waals surface area contributed by atoms with E-state index in [0.717, 1.165) is 19.3 Å². The molecule has 188 valence electrons. The molecule has 10 atom stereocenters. The highest BCUT2D eigenvalue weighted by Gasteiger charge is 2.65. The van der Waals surface area contributed by atoms with Gasteiger partial charge in [0.25, 0.3) is 0 Å². The quantitative estimate of drug-likeness (QED) is 0.372. The molecule has 33 heavy (non-hydrogen) atoms. The number of hydrogen-bond donors (Lipinski definition) is 2.